The van der Waals surface area contributed by atoms with Gasteiger partial charge in [0.05, 0.1) is 30.4 Å². The van der Waals surface area contributed by atoms with E-state index in [1.807, 2.05) is 28.0 Å². The third kappa shape index (κ3) is 3.15. The predicted molar refractivity (Wildman–Crippen MR) is 104 cm³/mol. The van der Waals surface area contributed by atoms with E-state index in [9.17, 15) is 14.9 Å². The summed E-state index contributed by atoms with van der Waals surface area (Å²) >= 11 is 0. The number of hydrogen-bond acceptors (Lipinski definition) is 4. The van der Waals surface area contributed by atoms with Crippen LogP contribution in [0.25, 0.3) is 5.57 Å². The summed E-state index contributed by atoms with van der Waals surface area (Å²) < 4.78 is 5.11. The van der Waals surface area contributed by atoms with E-state index in [0.717, 1.165) is 49.9 Å². The van der Waals surface area contributed by atoms with Crippen molar-refractivity contribution in [2.75, 3.05) is 20.2 Å². The van der Waals surface area contributed by atoms with Gasteiger partial charge < -0.3 is 14.5 Å². The van der Waals surface area contributed by atoms with Gasteiger partial charge >= 0.3 is 12.0 Å². The van der Waals surface area contributed by atoms with Gasteiger partial charge in [-0.05, 0) is 61.8 Å². The molecule has 0 aromatic heterocycles. The van der Waals surface area contributed by atoms with Crippen LogP contribution in [0.3, 0.4) is 0 Å². The Hall–Kier alpha value is -2.81. The summed E-state index contributed by atoms with van der Waals surface area (Å²) in [6, 6.07) is 9.40. The topological polar surface area (TPSA) is 73.6 Å². The smallest absolute Gasteiger partial charge is 0.336 e. The third-order valence-electron chi connectivity index (χ3n) is 6.19. The van der Waals surface area contributed by atoms with Crippen LogP contribution in [0.5, 0.6) is 0 Å². The Morgan fingerprint density at radius 2 is 1.96 bits per heavy atom. The fourth-order valence-corrected chi connectivity index (χ4v) is 4.87. The summed E-state index contributed by atoms with van der Waals surface area (Å²) in [5.41, 5.74) is 2.94. The third-order valence-corrected chi connectivity index (χ3v) is 6.19. The second-order valence-electron chi connectivity index (χ2n) is 7.77. The number of urea groups is 1. The zero-order valence-corrected chi connectivity index (χ0v) is 16.2. The highest BCUT2D eigenvalue weighted by Gasteiger charge is 2.47. The van der Waals surface area contributed by atoms with Gasteiger partial charge in [0, 0.05) is 19.1 Å². The number of rotatable bonds is 2. The lowest BCUT2D eigenvalue weighted by Crippen LogP contribution is -2.53. The van der Waals surface area contributed by atoms with Crippen LogP contribution in [-0.4, -0.2) is 54.1 Å². The first-order valence-electron chi connectivity index (χ1n) is 10.0. The van der Waals surface area contributed by atoms with E-state index in [0.29, 0.717) is 17.6 Å². The number of carbonyl (C=O) groups excluding carboxylic acids is 2. The second kappa shape index (κ2) is 7.67. The minimum Gasteiger partial charge on any atom is -0.466 e. The molecule has 0 saturated carbocycles. The molecule has 0 aliphatic carbocycles. The van der Waals surface area contributed by atoms with Crippen LogP contribution in [0.1, 0.15) is 49.7 Å². The quantitative estimate of drug-likeness (QED) is 0.739. The standard InChI is InChI=1S/C22H25N3O3/c1-28-21(26)20-18(16-7-5-6-15(12-16)14-23)13-17-8-9-19(20)25(17)22(27)24-10-3-2-4-11-24/h5-7,12,17,19H,2-4,8-11,13H2,1H3/t17-,19+/m0/s1. The lowest BCUT2D eigenvalue weighted by molar-refractivity contribution is -0.136. The maximum Gasteiger partial charge on any atom is 0.336 e. The van der Waals surface area contributed by atoms with E-state index >= 15 is 0 Å². The highest BCUT2D eigenvalue weighted by Crippen LogP contribution is 2.44. The molecular formula is C22H25N3O3. The molecule has 0 spiro atoms. The number of carbonyl (C=O) groups is 2. The van der Waals surface area contributed by atoms with Crippen molar-refractivity contribution >= 4 is 17.6 Å². The van der Waals surface area contributed by atoms with Gasteiger partial charge in [0.15, 0.2) is 0 Å². The Labute approximate surface area is 165 Å². The van der Waals surface area contributed by atoms with Crippen molar-refractivity contribution in [2.45, 2.75) is 50.6 Å². The number of hydrogen-bond donors (Lipinski definition) is 0. The van der Waals surface area contributed by atoms with Crippen molar-refractivity contribution in [1.29, 1.82) is 5.26 Å². The van der Waals surface area contributed by atoms with Gasteiger partial charge in [-0.15, -0.1) is 0 Å². The van der Waals surface area contributed by atoms with E-state index in [2.05, 4.69) is 6.07 Å². The minimum absolute atomic E-state index is 0.0541. The van der Waals surface area contributed by atoms with Crippen molar-refractivity contribution in [1.82, 2.24) is 9.80 Å². The number of ether oxygens (including phenoxy) is 1. The molecule has 0 radical (unpaired) electrons. The molecule has 2 bridgehead atoms. The molecular weight excluding hydrogens is 354 g/mol. The first kappa shape index (κ1) is 18.5. The molecule has 28 heavy (non-hydrogen) atoms. The molecule has 2 fully saturated rings. The molecule has 0 N–H and O–H groups in total. The maximum atomic E-state index is 13.2. The van der Waals surface area contributed by atoms with Crippen molar-refractivity contribution in [3.63, 3.8) is 0 Å². The van der Waals surface area contributed by atoms with E-state index in [1.54, 1.807) is 6.07 Å². The molecule has 1 aromatic carbocycles. The number of benzene rings is 1. The Morgan fingerprint density at radius 3 is 2.68 bits per heavy atom. The van der Waals surface area contributed by atoms with E-state index in [4.69, 9.17) is 4.74 Å². The molecule has 4 rings (SSSR count). The number of likely N-dealkylation sites (tertiary alicyclic amines) is 1. The minimum atomic E-state index is -0.376. The van der Waals surface area contributed by atoms with Crippen LogP contribution >= 0.6 is 0 Å². The van der Waals surface area contributed by atoms with Gasteiger partial charge in [0.1, 0.15) is 0 Å². The highest BCUT2D eigenvalue weighted by atomic mass is 16.5. The molecule has 6 heteroatoms. The molecule has 2 atom stereocenters. The molecule has 3 heterocycles. The fourth-order valence-electron chi connectivity index (χ4n) is 4.87. The van der Waals surface area contributed by atoms with Gasteiger partial charge in [-0.25, -0.2) is 9.59 Å². The van der Waals surface area contributed by atoms with E-state index < -0.39 is 0 Å². The zero-order chi connectivity index (χ0) is 19.7. The monoisotopic (exact) mass is 379 g/mol. The predicted octanol–water partition coefficient (Wildman–Crippen LogP) is 3.33. The van der Waals surface area contributed by atoms with Crippen LogP contribution in [0.15, 0.2) is 29.8 Å². The largest absolute Gasteiger partial charge is 0.466 e. The summed E-state index contributed by atoms with van der Waals surface area (Å²) in [5, 5.41) is 9.24. The Bertz CT molecular complexity index is 864. The molecule has 3 aliphatic heterocycles. The zero-order valence-electron chi connectivity index (χ0n) is 16.2. The number of esters is 1. The fraction of sp³-hybridized carbons (Fsp3) is 0.500. The molecule has 0 unspecified atom stereocenters. The first-order chi connectivity index (χ1) is 13.6. The van der Waals surface area contributed by atoms with Crippen LogP contribution in [0, 0.1) is 11.3 Å². The van der Waals surface area contributed by atoms with Gasteiger partial charge in [-0.2, -0.15) is 5.26 Å². The Morgan fingerprint density at radius 1 is 1.18 bits per heavy atom. The number of nitriles is 1. The van der Waals surface area contributed by atoms with Crippen LogP contribution in [0.4, 0.5) is 4.79 Å². The Kier molecular flexibility index (Phi) is 5.08. The number of piperidine rings is 1. The number of nitrogens with zero attached hydrogens (tertiary/aromatic N) is 3. The van der Waals surface area contributed by atoms with E-state index in [-0.39, 0.29) is 24.1 Å². The van der Waals surface area contributed by atoms with Crippen molar-refractivity contribution in [3.8, 4) is 6.07 Å². The van der Waals surface area contributed by atoms with Crippen molar-refractivity contribution in [2.24, 2.45) is 0 Å². The molecule has 146 valence electrons. The maximum absolute atomic E-state index is 13.2. The summed E-state index contributed by atoms with van der Waals surface area (Å²) in [6.07, 6.45) is 5.53. The van der Waals surface area contributed by atoms with Crippen LogP contribution < -0.4 is 0 Å². The Balaban J connectivity index is 1.73. The average Bonchev–Trinajstić information content (AvgIpc) is 3.06. The van der Waals surface area contributed by atoms with Crippen molar-refractivity contribution < 1.29 is 14.3 Å². The van der Waals surface area contributed by atoms with E-state index in [1.165, 1.54) is 13.5 Å². The molecule has 2 amide bonds. The lowest BCUT2D eigenvalue weighted by atomic mass is 9.88. The normalized spacial score (nSPS) is 24.1. The van der Waals surface area contributed by atoms with Gasteiger partial charge in [0.2, 0.25) is 0 Å². The van der Waals surface area contributed by atoms with Crippen LogP contribution in [-0.2, 0) is 9.53 Å². The first-order valence-corrected chi connectivity index (χ1v) is 10.0. The molecule has 1 aromatic rings. The highest BCUT2D eigenvalue weighted by molar-refractivity contribution is 6.01. The summed E-state index contributed by atoms with van der Waals surface area (Å²) in [6.45, 7) is 1.59. The number of amides is 2. The summed E-state index contributed by atoms with van der Waals surface area (Å²) in [7, 11) is 1.39. The SMILES string of the molecule is COC(=O)C1=C(c2cccc(C#N)c2)C[C@@H]2CC[C@H]1N2C(=O)N1CCCCC1. The number of methoxy groups -OCH3 is 1. The lowest BCUT2D eigenvalue weighted by Gasteiger charge is -2.41. The van der Waals surface area contributed by atoms with Gasteiger partial charge in [0.25, 0.3) is 0 Å². The molecule has 2 saturated heterocycles. The van der Waals surface area contributed by atoms with Crippen LogP contribution in [0.2, 0.25) is 0 Å². The number of fused-ring (bicyclic) bond motifs is 2. The van der Waals surface area contributed by atoms with Crippen molar-refractivity contribution in [3.05, 3.63) is 41.0 Å². The van der Waals surface area contributed by atoms with Gasteiger partial charge in [-0.3, -0.25) is 0 Å². The summed E-state index contributed by atoms with van der Waals surface area (Å²) in [5.74, 6) is -0.376. The average molecular weight is 379 g/mol. The summed E-state index contributed by atoms with van der Waals surface area (Å²) in [4.78, 5) is 29.9. The molecule has 6 nitrogen and oxygen atoms in total. The molecule has 3 aliphatic rings. The van der Waals surface area contributed by atoms with Gasteiger partial charge in [-0.1, -0.05) is 12.1 Å². The second-order valence-corrected chi connectivity index (χ2v) is 7.77.